The molecule has 5 heteroatoms. The molecule has 5 nitrogen and oxygen atoms in total. The van der Waals surface area contributed by atoms with Crippen LogP contribution in [0.1, 0.15) is 39.2 Å². The molecule has 1 aliphatic rings. The summed E-state index contributed by atoms with van der Waals surface area (Å²) in [5.74, 6) is 0. The zero-order valence-electron chi connectivity index (χ0n) is 13.1. The van der Waals surface area contributed by atoms with E-state index in [2.05, 4.69) is 15.2 Å². The first kappa shape index (κ1) is 15.8. The van der Waals surface area contributed by atoms with Crippen molar-refractivity contribution in [3.63, 3.8) is 0 Å². The van der Waals surface area contributed by atoms with Gasteiger partial charge in [0, 0.05) is 31.5 Å². The molecule has 1 aromatic rings. The van der Waals surface area contributed by atoms with Gasteiger partial charge in [0.05, 0.1) is 0 Å². The number of hydrogen-bond acceptors (Lipinski definition) is 4. The summed E-state index contributed by atoms with van der Waals surface area (Å²) in [5.41, 5.74) is 0.811. The Hall–Kier alpha value is -1.62. The summed E-state index contributed by atoms with van der Waals surface area (Å²) in [6, 6.07) is 4.46. The predicted molar refractivity (Wildman–Crippen MR) is 81.9 cm³/mol. The summed E-state index contributed by atoms with van der Waals surface area (Å²) in [6.45, 7) is 8.24. The molecule has 2 rings (SSSR count). The maximum atomic E-state index is 11.7. The summed E-state index contributed by atoms with van der Waals surface area (Å²) in [7, 11) is 0. The molecule has 0 unspecified atom stereocenters. The van der Waals surface area contributed by atoms with Crippen LogP contribution in [0.25, 0.3) is 0 Å². The minimum atomic E-state index is -0.448. The normalized spacial score (nSPS) is 19.5. The van der Waals surface area contributed by atoms with Gasteiger partial charge in [0.1, 0.15) is 5.60 Å². The Kier molecular flexibility index (Phi) is 5.17. The van der Waals surface area contributed by atoms with Crippen LogP contribution in [-0.2, 0) is 11.3 Å². The van der Waals surface area contributed by atoms with E-state index in [1.807, 2.05) is 45.3 Å². The number of hydrogen-bond donors (Lipinski definition) is 1. The lowest BCUT2D eigenvalue weighted by Gasteiger charge is -2.26. The summed E-state index contributed by atoms with van der Waals surface area (Å²) in [6.07, 6.45) is 5.59. The Morgan fingerprint density at radius 3 is 2.81 bits per heavy atom. The number of aromatic nitrogens is 1. The van der Waals surface area contributed by atoms with Gasteiger partial charge >= 0.3 is 6.09 Å². The molecular formula is C16H25N3O2. The van der Waals surface area contributed by atoms with Crippen LogP contribution in [-0.4, -0.2) is 40.7 Å². The topological polar surface area (TPSA) is 54.5 Å². The molecule has 0 spiro atoms. The number of ether oxygens (including phenoxy) is 1. The minimum absolute atomic E-state index is 0.335. The number of carbonyl (C=O) groups is 1. The van der Waals surface area contributed by atoms with E-state index in [0.29, 0.717) is 12.6 Å². The van der Waals surface area contributed by atoms with Crippen LogP contribution in [0.5, 0.6) is 0 Å². The molecule has 1 N–H and O–H groups in total. The first-order valence-corrected chi connectivity index (χ1v) is 7.54. The van der Waals surface area contributed by atoms with Crippen molar-refractivity contribution in [3.05, 3.63) is 30.1 Å². The maximum Gasteiger partial charge on any atom is 0.407 e. The summed E-state index contributed by atoms with van der Waals surface area (Å²) in [5, 5.41) is 2.88. The number of rotatable bonds is 4. The third kappa shape index (κ3) is 5.34. The third-order valence-corrected chi connectivity index (χ3v) is 3.52. The van der Waals surface area contributed by atoms with Gasteiger partial charge in [-0.1, -0.05) is 0 Å². The van der Waals surface area contributed by atoms with E-state index in [0.717, 1.165) is 19.5 Å². The van der Waals surface area contributed by atoms with E-state index in [9.17, 15) is 4.79 Å². The summed E-state index contributed by atoms with van der Waals surface area (Å²) in [4.78, 5) is 18.2. The Labute approximate surface area is 126 Å². The van der Waals surface area contributed by atoms with E-state index in [1.165, 1.54) is 12.0 Å². The second-order valence-electron chi connectivity index (χ2n) is 6.50. The molecule has 2 heterocycles. The quantitative estimate of drug-likeness (QED) is 0.926. The summed E-state index contributed by atoms with van der Waals surface area (Å²) >= 11 is 0. The van der Waals surface area contributed by atoms with Gasteiger partial charge in [-0.25, -0.2) is 4.79 Å². The molecule has 1 saturated heterocycles. The Morgan fingerprint density at radius 1 is 1.43 bits per heavy atom. The minimum Gasteiger partial charge on any atom is -0.444 e. The monoisotopic (exact) mass is 291 g/mol. The highest BCUT2D eigenvalue weighted by Crippen LogP contribution is 2.19. The van der Waals surface area contributed by atoms with Gasteiger partial charge in [-0.3, -0.25) is 9.88 Å². The molecule has 1 atom stereocenters. The van der Waals surface area contributed by atoms with Gasteiger partial charge < -0.3 is 10.1 Å². The molecule has 0 saturated carbocycles. The molecule has 1 aromatic heterocycles. The van der Waals surface area contributed by atoms with Gasteiger partial charge in [-0.2, -0.15) is 0 Å². The third-order valence-electron chi connectivity index (χ3n) is 3.52. The zero-order chi connectivity index (χ0) is 15.3. The van der Waals surface area contributed by atoms with Crippen molar-refractivity contribution in [2.24, 2.45) is 0 Å². The average molecular weight is 291 g/mol. The van der Waals surface area contributed by atoms with Crippen LogP contribution in [0.3, 0.4) is 0 Å². The zero-order valence-corrected chi connectivity index (χ0v) is 13.1. The maximum absolute atomic E-state index is 11.7. The van der Waals surface area contributed by atoms with Crippen molar-refractivity contribution in [2.75, 3.05) is 13.1 Å². The smallest absolute Gasteiger partial charge is 0.407 e. The highest BCUT2D eigenvalue weighted by atomic mass is 16.6. The number of carbonyl (C=O) groups excluding carboxylic acids is 1. The van der Waals surface area contributed by atoms with E-state index in [1.54, 1.807) is 0 Å². The lowest BCUT2D eigenvalue weighted by Crippen LogP contribution is -2.41. The highest BCUT2D eigenvalue weighted by molar-refractivity contribution is 5.67. The van der Waals surface area contributed by atoms with Crippen LogP contribution < -0.4 is 5.32 Å². The van der Waals surface area contributed by atoms with Crippen molar-refractivity contribution in [1.82, 2.24) is 15.2 Å². The van der Waals surface area contributed by atoms with Gasteiger partial charge in [-0.15, -0.1) is 0 Å². The standard InChI is InChI=1S/C16H25N3O2/c1-16(2,3)21-15(20)18-11-14-5-4-10-19(14)12-13-6-8-17-9-7-13/h6-9,14H,4-5,10-12H2,1-3H3,(H,18,20)/t14-/m0/s1. The van der Waals surface area contributed by atoms with Gasteiger partial charge in [0.25, 0.3) is 0 Å². The second-order valence-corrected chi connectivity index (χ2v) is 6.50. The molecule has 0 radical (unpaired) electrons. The Bertz CT molecular complexity index is 456. The van der Waals surface area contributed by atoms with E-state index in [4.69, 9.17) is 4.74 Å². The van der Waals surface area contributed by atoms with Crippen molar-refractivity contribution in [2.45, 2.75) is 51.8 Å². The van der Waals surface area contributed by atoms with Crippen LogP contribution in [0.2, 0.25) is 0 Å². The molecule has 0 aliphatic carbocycles. The van der Waals surface area contributed by atoms with E-state index < -0.39 is 5.60 Å². The Balaban J connectivity index is 1.81. The number of nitrogens with one attached hydrogen (secondary N) is 1. The fourth-order valence-electron chi connectivity index (χ4n) is 2.57. The van der Waals surface area contributed by atoms with Crippen LogP contribution in [0, 0.1) is 0 Å². The average Bonchev–Trinajstić information content (AvgIpc) is 2.83. The van der Waals surface area contributed by atoms with Crippen LogP contribution >= 0.6 is 0 Å². The molecule has 0 aromatic carbocycles. The predicted octanol–water partition coefficient (Wildman–Crippen LogP) is 2.57. The molecule has 116 valence electrons. The second kappa shape index (κ2) is 6.89. The number of amides is 1. The van der Waals surface area contributed by atoms with Gasteiger partial charge in [0.2, 0.25) is 0 Å². The van der Waals surface area contributed by atoms with Crippen molar-refractivity contribution >= 4 is 6.09 Å². The van der Waals surface area contributed by atoms with Crippen molar-refractivity contribution in [1.29, 1.82) is 0 Å². The fraction of sp³-hybridized carbons (Fsp3) is 0.625. The van der Waals surface area contributed by atoms with Crippen molar-refractivity contribution in [3.8, 4) is 0 Å². The molecule has 21 heavy (non-hydrogen) atoms. The van der Waals surface area contributed by atoms with E-state index in [-0.39, 0.29) is 6.09 Å². The number of pyridine rings is 1. The number of nitrogens with zero attached hydrogens (tertiary/aromatic N) is 2. The van der Waals surface area contributed by atoms with Crippen molar-refractivity contribution < 1.29 is 9.53 Å². The first-order chi connectivity index (χ1) is 9.94. The lowest BCUT2D eigenvalue weighted by atomic mass is 10.2. The summed E-state index contributed by atoms with van der Waals surface area (Å²) < 4.78 is 5.27. The molecule has 1 amide bonds. The molecule has 1 fully saturated rings. The Morgan fingerprint density at radius 2 is 2.14 bits per heavy atom. The fourth-order valence-corrected chi connectivity index (χ4v) is 2.57. The van der Waals surface area contributed by atoms with E-state index >= 15 is 0 Å². The molecular weight excluding hydrogens is 266 g/mol. The molecule has 1 aliphatic heterocycles. The SMILES string of the molecule is CC(C)(C)OC(=O)NC[C@@H]1CCCN1Cc1ccncc1. The van der Waals surface area contributed by atoms with Crippen LogP contribution in [0.4, 0.5) is 4.79 Å². The number of likely N-dealkylation sites (tertiary alicyclic amines) is 1. The van der Waals surface area contributed by atoms with Gasteiger partial charge in [0.15, 0.2) is 0 Å². The lowest BCUT2D eigenvalue weighted by molar-refractivity contribution is 0.0512. The first-order valence-electron chi connectivity index (χ1n) is 7.54. The van der Waals surface area contributed by atoms with Gasteiger partial charge in [-0.05, 0) is 57.9 Å². The van der Waals surface area contributed by atoms with Crippen LogP contribution in [0.15, 0.2) is 24.5 Å². The number of alkyl carbamates (subject to hydrolysis) is 1. The highest BCUT2D eigenvalue weighted by Gasteiger charge is 2.25. The molecule has 0 bridgehead atoms. The largest absolute Gasteiger partial charge is 0.444 e.